The molecule has 0 aliphatic carbocycles. The molecule has 0 saturated heterocycles. The molecule has 1 heterocycles. The first kappa shape index (κ1) is 18.2. The maximum Gasteiger partial charge on any atom is 0.263 e. The minimum absolute atomic E-state index is 0.213. The summed E-state index contributed by atoms with van der Waals surface area (Å²) in [6.07, 6.45) is 0. The van der Waals surface area contributed by atoms with Crippen LogP contribution in [0.2, 0.25) is 0 Å². The predicted octanol–water partition coefficient (Wildman–Crippen LogP) is 3.05. The van der Waals surface area contributed by atoms with E-state index in [2.05, 4.69) is 14.9 Å². The lowest BCUT2D eigenvalue weighted by Crippen LogP contribution is -2.23. The van der Waals surface area contributed by atoms with E-state index in [0.29, 0.717) is 16.0 Å². The minimum atomic E-state index is -3.70. The van der Waals surface area contributed by atoms with Crippen molar-refractivity contribution in [2.24, 2.45) is 0 Å². The molecule has 0 amide bonds. The van der Waals surface area contributed by atoms with Gasteiger partial charge in [-0.25, -0.2) is 8.42 Å². The molecule has 0 aliphatic rings. The Bertz CT molecular complexity index is 790. The predicted molar refractivity (Wildman–Crippen MR) is 97.1 cm³/mol. The quantitative estimate of drug-likeness (QED) is 0.868. The standard InChI is InChI=1S/C17H24N4O2S/c1-6-21(7-2)16-9-8-15(18-19-16)20-24(22,23)17-13(4)10-12(3)11-14(17)5/h8-11H,6-7H2,1-5H3,(H,18,20). The largest absolute Gasteiger partial charge is 0.356 e. The highest BCUT2D eigenvalue weighted by Gasteiger charge is 2.20. The van der Waals surface area contributed by atoms with Crippen LogP contribution in [0.15, 0.2) is 29.2 Å². The fraction of sp³-hybridized carbons (Fsp3) is 0.412. The van der Waals surface area contributed by atoms with E-state index in [4.69, 9.17) is 0 Å². The Morgan fingerprint density at radius 3 is 2.04 bits per heavy atom. The highest BCUT2D eigenvalue weighted by Crippen LogP contribution is 2.24. The van der Waals surface area contributed by atoms with Crippen molar-refractivity contribution < 1.29 is 8.42 Å². The number of aromatic nitrogens is 2. The molecule has 0 spiro atoms. The first-order valence-electron chi connectivity index (χ1n) is 7.97. The smallest absolute Gasteiger partial charge is 0.263 e. The zero-order valence-electron chi connectivity index (χ0n) is 14.8. The maximum absolute atomic E-state index is 12.7. The zero-order chi connectivity index (χ0) is 17.9. The van der Waals surface area contributed by atoms with Crippen LogP contribution in [-0.4, -0.2) is 31.7 Å². The molecule has 7 heteroatoms. The van der Waals surface area contributed by atoms with Crippen molar-refractivity contribution in [3.8, 4) is 0 Å². The molecule has 0 atom stereocenters. The second kappa shape index (κ2) is 7.17. The van der Waals surface area contributed by atoms with Crippen molar-refractivity contribution in [2.75, 3.05) is 22.7 Å². The summed E-state index contributed by atoms with van der Waals surface area (Å²) in [4.78, 5) is 2.34. The van der Waals surface area contributed by atoms with Gasteiger partial charge in [0.05, 0.1) is 4.90 Å². The van der Waals surface area contributed by atoms with Gasteiger partial charge in [-0.2, -0.15) is 0 Å². The zero-order valence-corrected chi connectivity index (χ0v) is 15.6. The van der Waals surface area contributed by atoms with E-state index in [0.717, 1.165) is 24.5 Å². The monoisotopic (exact) mass is 348 g/mol. The van der Waals surface area contributed by atoms with Gasteiger partial charge in [0.15, 0.2) is 11.6 Å². The Morgan fingerprint density at radius 1 is 1.00 bits per heavy atom. The number of hydrogen-bond donors (Lipinski definition) is 1. The number of rotatable bonds is 6. The topological polar surface area (TPSA) is 75.2 Å². The number of nitrogens with one attached hydrogen (secondary N) is 1. The summed E-state index contributed by atoms with van der Waals surface area (Å²) in [5.41, 5.74) is 2.47. The molecule has 130 valence electrons. The van der Waals surface area contributed by atoms with Gasteiger partial charge >= 0.3 is 0 Å². The van der Waals surface area contributed by atoms with Crippen LogP contribution in [0.5, 0.6) is 0 Å². The summed E-state index contributed by atoms with van der Waals surface area (Å²) in [6.45, 7) is 11.2. The van der Waals surface area contributed by atoms with E-state index >= 15 is 0 Å². The highest BCUT2D eigenvalue weighted by atomic mass is 32.2. The Hall–Kier alpha value is -2.15. The second-order valence-corrected chi connectivity index (χ2v) is 7.40. The summed E-state index contributed by atoms with van der Waals surface area (Å²) >= 11 is 0. The summed E-state index contributed by atoms with van der Waals surface area (Å²) in [6, 6.07) is 7.12. The molecule has 1 aromatic carbocycles. The minimum Gasteiger partial charge on any atom is -0.356 e. The molecule has 0 aliphatic heterocycles. The lowest BCUT2D eigenvalue weighted by Gasteiger charge is -2.19. The third-order valence-electron chi connectivity index (χ3n) is 3.85. The third kappa shape index (κ3) is 3.84. The average molecular weight is 348 g/mol. The summed E-state index contributed by atoms with van der Waals surface area (Å²) in [5.74, 6) is 0.941. The Balaban J connectivity index is 2.30. The van der Waals surface area contributed by atoms with Crippen LogP contribution >= 0.6 is 0 Å². The van der Waals surface area contributed by atoms with Crippen LogP contribution in [-0.2, 0) is 10.0 Å². The SMILES string of the molecule is CCN(CC)c1ccc(NS(=O)(=O)c2c(C)cc(C)cc2C)nn1. The summed E-state index contributed by atoms with van der Waals surface area (Å²) < 4.78 is 27.9. The van der Waals surface area contributed by atoms with Crippen LogP contribution in [0, 0.1) is 20.8 Å². The molecular formula is C17H24N4O2S. The average Bonchev–Trinajstić information content (AvgIpc) is 2.48. The van der Waals surface area contributed by atoms with Crippen LogP contribution in [0.1, 0.15) is 30.5 Å². The van der Waals surface area contributed by atoms with Gasteiger partial charge in [-0.15, -0.1) is 10.2 Å². The van der Waals surface area contributed by atoms with E-state index < -0.39 is 10.0 Å². The summed E-state index contributed by atoms with van der Waals surface area (Å²) in [7, 11) is -3.70. The van der Waals surface area contributed by atoms with Gasteiger partial charge in [-0.1, -0.05) is 17.7 Å². The number of anilines is 2. The van der Waals surface area contributed by atoms with Crippen molar-refractivity contribution in [3.05, 3.63) is 41.0 Å². The van der Waals surface area contributed by atoms with E-state index in [1.807, 2.05) is 37.8 Å². The molecule has 1 aromatic heterocycles. The number of sulfonamides is 1. The van der Waals surface area contributed by atoms with Crippen molar-refractivity contribution in [1.29, 1.82) is 0 Å². The van der Waals surface area contributed by atoms with E-state index in [1.165, 1.54) is 0 Å². The van der Waals surface area contributed by atoms with Crippen molar-refractivity contribution in [3.63, 3.8) is 0 Å². The van der Waals surface area contributed by atoms with Crippen LogP contribution in [0.3, 0.4) is 0 Å². The van der Waals surface area contributed by atoms with Gasteiger partial charge in [0.2, 0.25) is 0 Å². The van der Waals surface area contributed by atoms with Gasteiger partial charge in [0, 0.05) is 13.1 Å². The normalized spacial score (nSPS) is 11.4. The Labute approximate surface area is 144 Å². The fourth-order valence-corrected chi connectivity index (χ4v) is 4.33. The molecule has 0 radical (unpaired) electrons. The second-order valence-electron chi connectivity index (χ2n) is 5.78. The van der Waals surface area contributed by atoms with Crippen molar-refractivity contribution in [1.82, 2.24) is 10.2 Å². The molecule has 24 heavy (non-hydrogen) atoms. The lowest BCUT2D eigenvalue weighted by atomic mass is 10.1. The van der Waals surface area contributed by atoms with Gasteiger partial charge in [0.1, 0.15) is 0 Å². The summed E-state index contributed by atoms with van der Waals surface area (Å²) in [5, 5.41) is 8.11. The molecule has 6 nitrogen and oxygen atoms in total. The van der Waals surface area contributed by atoms with Crippen LogP contribution < -0.4 is 9.62 Å². The van der Waals surface area contributed by atoms with Crippen molar-refractivity contribution in [2.45, 2.75) is 39.5 Å². The van der Waals surface area contributed by atoms with E-state index in [-0.39, 0.29) is 5.82 Å². The third-order valence-corrected chi connectivity index (χ3v) is 5.51. The van der Waals surface area contributed by atoms with E-state index in [1.54, 1.807) is 26.0 Å². The van der Waals surface area contributed by atoms with Crippen LogP contribution in [0.4, 0.5) is 11.6 Å². The number of benzene rings is 1. The van der Waals surface area contributed by atoms with Crippen molar-refractivity contribution >= 4 is 21.7 Å². The lowest BCUT2D eigenvalue weighted by molar-refractivity contribution is 0.599. The maximum atomic E-state index is 12.7. The molecular weight excluding hydrogens is 324 g/mol. The first-order valence-corrected chi connectivity index (χ1v) is 9.46. The Kier molecular flexibility index (Phi) is 5.43. The van der Waals surface area contributed by atoms with Gasteiger partial charge in [0.25, 0.3) is 10.0 Å². The highest BCUT2D eigenvalue weighted by molar-refractivity contribution is 7.92. The molecule has 2 aromatic rings. The van der Waals surface area contributed by atoms with Gasteiger partial charge in [-0.05, 0) is 57.9 Å². The molecule has 2 rings (SSSR count). The first-order chi connectivity index (χ1) is 11.3. The molecule has 0 fully saturated rings. The van der Waals surface area contributed by atoms with Gasteiger partial charge < -0.3 is 4.90 Å². The van der Waals surface area contributed by atoms with Gasteiger partial charge in [-0.3, -0.25) is 4.72 Å². The van der Waals surface area contributed by atoms with Crippen LogP contribution in [0.25, 0.3) is 0 Å². The molecule has 0 unspecified atom stereocenters. The van der Waals surface area contributed by atoms with E-state index in [9.17, 15) is 8.42 Å². The number of nitrogens with zero attached hydrogens (tertiary/aromatic N) is 3. The number of hydrogen-bond acceptors (Lipinski definition) is 5. The Morgan fingerprint density at radius 2 is 1.58 bits per heavy atom. The fourth-order valence-electron chi connectivity index (χ4n) is 2.88. The molecule has 1 N–H and O–H groups in total. The molecule has 0 bridgehead atoms. The number of aryl methyl sites for hydroxylation is 3. The molecule has 0 saturated carbocycles.